The van der Waals surface area contributed by atoms with Crippen LogP contribution in [0.1, 0.15) is 36.4 Å². The zero-order chi connectivity index (χ0) is 19.7. The van der Waals surface area contributed by atoms with E-state index in [9.17, 15) is 20.2 Å². The van der Waals surface area contributed by atoms with Crippen molar-refractivity contribution < 1.29 is 9.85 Å². The molecule has 2 aromatic rings. The van der Waals surface area contributed by atoms with Gasteiger partial charge in [0.15, 0.2) is 0 Å². The van der Waals surface area contributed by atoms with Gasteiger partial charge in [0.25, 0.3) is 11.4 Å². The van der Waals surface area contributed by atoms with Crippen LogP contribution in [-0.2, 0) is 0 Å². The Kier molecular flexibility index (Phi) is 4.60. The second-order valence-electron chi connectivity index (χ2n) is 6.97. The number of hydrogen-bond donors (Lipinski definition) is 1. The van der Waals surface area contributed by atoms with E-state index in [0.717, 1.165) is 41.7 Å². The molecule has 2 aromatic carbocycles. The standard InChI is InChI=1S/C20H18N4O4/c25-23(26)16-8-4-13(5-9-16)12-15-2-1-3-18-19(21-22-20(15)18)14-6-10-17(11-7-14)24(27)28/h4-12,18-19,21H,1-3H2/b15-12+. The van der Waals surface area contributed by atoms with Crippen LogP contribution in [0.15, 0.2) is 59.2 Å². The van der Waals surface area contributed by atoms with E-state index in [-0.39, 0.29) is 23.3 Å². The first-order valence-electron chi connectivity index (χ1n) is 9.06. The number of non-ortho nitro benzene ring substituents is 2. The SMILES string of the molecule is O=[N+]([O-])c1ccc(/C=C2\CCCC3C2=NNC3c2ccc([N+](=O)[O-])cc2)cc1. The van der Waals surface area contributed by atoms with Gasteiger partial charge in [-0.3, -0.25) is 20.2 Å². The zero-order valence-corrected chi connectivity index (χ0v) is 14.9. The summed E-state index contributed by atoms with van der Waals surface area (Å²) in [6, 6.07) is 13.1. The molecule has 1 heterocycles. The highest BCUT2D eigenvalue weighted by Gasteiger charge is 2.36. The molecule has 8 nitrogen and oxygen atoms in total. The molecule has 1 saturated carbocycles. The van der Waals surface area contributed by atoms with Crippen LogP contribution < -0.4 is 5.43 Å². The van der Waals surface area contributed by atoms with Crippen LogP contribution in [0.5, 0.6) is 0 Å². The highest BCUT2D eigenvalue weighted by atomic mass is 16.6. The summed E-state index contributed by atoms with van der Waals surface area (Å²) in [5.41, 5.74) is 7.35. The van der Waals surface area contributed by atoms with Crippen LogP contribution in [0.4, 0.5) is 11.4 Å². The second-order valence-corrected chi connectivity index (χ2v) is 6.97. The lowest BCUT2D eigenvalue weighted by Gasteiger charge is -2.26. The Hall–Kier alpha value is -3.55. The quantitative estimate of drug-likeness (QED) is 0.627. The molecule has 2 atom stereocenters. The summed E-state index contributed by atoms with van der Waals surface area (Å²) in [4.78, 5) is 20.9. The van der Waals surface area contributed by atoms with Gasteiger partial charge in [-0.2, -0.15) is 5.10 Å². The summed E-state index contributed by atoms with van der Waals surface area (Å²) in [6.07, 6.45) is 4.95. The molecule has 2 unspecified atom stereocenters. The molecule has 2 aliphatic rings. The first-order chi connectivity index (χ1) is 13.5. The summed E-state index contributed by atoms with van der Waals surface area (Å²) in [5.74, 6) is 0.208. The summed E-state index contributed by atoms with van der Waals surface area (Å²) in [5, 5.41) is 26.2. The van der Waals surface area contributed by atoms with Crippen molar-refractivity contribution in [3.8, 4) is 0 Å². The molecule has 0 radical (unpaired) electrons. The lowest BCUT2D eigenvalue weighted by atomic mass is 9.78. The maximum absolute atomic E-state index is 10.9. The normalized spacial score (nSPS) is 22.3. The van der Waals surface area contributed by atoms with E-state index in [2.05, 4.69) is 10.5 Å². The molecule has 0 saturated heterocycles. The number of nitrogens with zero attached hydrogens (tertiary/aromatic N) is 3. The summed E-state index contributed by atoms with van der Waals surface area (Å²) >= 11 is 0. The lowest BCUT2D eigenvalue weighted by Crippen LogP contribution is -2.25. The van der Waals surface area contributed by atoms with E-state index in [1.807, 2.05) is 6.08 Å². The molecule has 0 bridgehead atoms. The van der Waals surface area contributed by atoms with E-state index in [4.69, 9.17) is 0 Å². The van der Waals surface area contributed by atoms with Gasteiger partial charge in [-0.05, 0) is 54.2 Å². The Balaban J connectivity index is 1.56. The van der Waals surface area contributed by atoms with Crippen molar-refractivity contribution in [2.24, 2.45) is 11.0 Å². The Morgan fingerprint density at radius 2 is 1.57 bits per heavy atom. The van der Waals surface area contributed by atoms with Gasteiger partial charge in [-0.25, -0.2) is 0 Å². The van der Waals surface area contributed by atoms with Crippen molar-refractivity contribution in [2.75, 3.05) is 0 Å². The molecule has 8 heteroatoms. The molecule has 0 amide bonds. The van der Waals surface area contributed by atoms with E-state index in [0.29, 0.717) is 0 Å². The number of allylic oxidation sites excluding steroid dienone is 1. The fraction of sp³-hybridized carbons (Fsp3) is 0.250. The summed E-state index contributed by atoms with van der Waals surface area (Å²) in [7, 11) is 0. The first-order valence-corrected chi connectivity index (χ1v) is 9.06. The van der Waals surface area contributed by atoms with Crippen LogP contribution in [0.3, 0.4) is 0 Å². The van der Waals surface area contributed by atoms with Crippen molar-refractivity contribution in [3.63, 3.8) is 0 Å². The van der Waals surface area contributed by atoms with Crippen molar-refractivity contribution in [1.29, 1.82) is 0 Å². The fourth-order valence-corrected chi connectivity index (χ4v) is 3.87. The van der Waals surface area contributed by atoms with Gasteiger partial charge in [-0.1, -0.05) is 12.1 Å². The molecular formula is C20H18N4O4. The molecule has 1 fully saturated rings. The Labute approximate surface area is 160 Å². The molecular weight excluding hydrogens is 360 g/mol. The van der Waals surface area contributed by atoms with Gasteiger partial charge in [0.2, 0.25) is 0 Å². The van der Waals surface area contributed by atoms with Crippen molar-refractivity contribution >= 4 is 23.2 Å². The average molecular weight is 378 g/mol. The van der Waals surface area contributed by atoms with Crippen LogP contribution in [0.2, 0.25) is 0 Å². The van der Waals surface area contributed by atoms with Gasteiger partial charge in [-0.15, -0.1) is 0 Å². The van der Waals surface area contributed by atoms with Crippen LogP contribution in [0, 0.1) is 26.1 Å². The van der Waals surface area contributed by atoms with E-state index >= 15 is 0 Å². The minimum atomic E-state index is -0.409. The largest absolute Gasteiger partial charge is 0.302 e. The van der Waals surface area contributed by atoms with Crippen molar-refractivity contribution in [1.82, 2.24) is 5.43 Å². The number of benzene rings is 2. The maximum Gasteiger partial charge on any atom is 0.269 e. The summed E-state index contributed by atoms with van der Waals surface area (Å²) < 4.78 is 0. The van der Waals surface area contributed by atoms with E-state index in [1.54, 1.807) is 24.3 Å². The Morgan fingerprint density at radius 1 is 0.964 bits per heavy atom. The third-order valence-electron chi connectivity index (χ3n) is 5.28. The topological polar surface area (TPSA) is 111 Å². The monoisotopic (exact) mass is 378 g/mol. The molecule has 142 valence electrons. The van der Waals surface area contributed by atoms with Crippen molar-refractivity contribution in [2.45, 2.75) is 25.3 Å². The van der Waals surface area contributed by atoms with Gasteiger partial charge >= 0.3 is 0 Å². The molecule has 1 aliphatic heterocycles. The van der Waals surface area contributed by atoms with Crippen molar-refractivity contribution in [3.05, 3.63) is 85.5 Å². The average Bonchev–Trinajstić information content (AvgIpc) is 3.13. The number of rotatable bonds is 4. The maximum atomic E-state index is 10.9. The van der Waals surface area contributed by atoms with E-state index < -0.39 is 9.85 Å². The summed E-state index contributed by atoms with van der Waals surface area (Å²) in [6.45, 7) is 0. The first kappa shape index (κ1) is 17.8. The van der Waals surface area contributed by atoms with Crippen LogP contribution >= 0.6 is 0 Å². The number of nitro groups is 2. The third-order valence-corrected chi connectivity index (χ3v) is 5.28. The lowest BCUT2D eigenvalue weighted by molar-refractivity contribution is -0.385. The minimum Gasteiger partial charge on any atom is -0.302 e. The molecule has 1 N–H and O–H groups in total. The minimum absolute atomic E-state index is 0.00337. The second kappa shape index (κ2) is 7.22. The number of fused-ring (bicyclic) bond motifs is 1. The molecule has 0 aromatic heterocycles. The van der Waals surface area contributed by atoms with Gasteiger partial charge in [0, 0.05) is 30.2 Å². The Morgan fingerprint density at radius 3 is 2.18 bits per heavy atom. The molecule has 0 spiro atoms. The molecule has 28 heavy (non-hydrogen) atoms. The predicted molar refractivity (Wildman–Crippen MR) is 105 cm³/mol. The Bertz CT molecular complexity index is 980. The number of nitrogens with one attached hydrogen (secondary N) is 1. The highest BCUT2D eigenvalue weighted by molar-refractivity contribution is 6.07. The smallest absolute Gasteiger partial charge is 0.269 e. The van der Waals surface area contributed by atoms with E-state index in [1.165, 1.54) is 24.3 Å². The van der Waals surface area contributed by atoms with Gasteiger partial charge in [0.1, 0.15) is 0 Å². The predicted octanol–water partition coefficient (Wildman–Crippen LogP) is 4.39. The number of nitro benzene ring substituents is 2. The zero-order valence-electron chi connectivity index (χ0n) is 14.9. The van der Waals surface area contributed by atoms with Gasteiger partial charge < -0.3 is 5.43 Å². The highest BCUT2D eigenvalue weighted by Crippen LogP contribution is 2.39. The molecule has 4 rings (SSSR count). The van der Waals surface area contributed by atoms with Gasteiger partial charge in [0.05, 0.1) is 21.6 Å². The number of hydrogen-bond acceptors (Lipinski definition) is 6. The fourth-order valence-electron chi connectivity index (χ4n) is 3.87. The number of hydrazone groups is 1. The third kappa shape index (κ3) is 3.36. The molecule has 1 aliphatic carbocycles. The van der Waals surface area contributed by atoms with Crippen LogP contribution in [-0.4, -0.2) is 15.6 Å². The van der Waals surface area contributed by atoms with Crippen LogP contribution in [0.25, 0.3) is 6.08 Å².